The number of rotatable bonds is 4. The zero-order valence-corrected chi connectivity index (χ0v) is 9.98. The summed E-state index contributed by atoms with van der Waals surface area (Å²) in [7, 11) is 0. The molecule has 0 aromatic carbocycles. The van der Waals surface area contributed by atoms with Gasteiger partial charge in [-0.1, -0.05) is 54.4 Å². The van der Waals surface area contributed by atoms with Crippen LogP contribution in [-0.2, 0) is 0 Å². The van der Waals surface area contributed by atoms with Crippen molar-refractivity contribution in [2.45, 2.75) is 73.3 Å². The molecule has 2 N–H and O–H groups in total. The molecule has 0 bridgehead atoms. The third-order valence-electron chi connectivity index (χ3n) is 1.45. The minimum atomic E-state index is 0.454. The smallest absolute Gasteiger partial charge is 0.00362 e. The van der Waals surface area contributed by atoms with Crippen molar-refractivity contribution in [3.63, 3.8) is 0 Å². The van der Waals surface area contributed by atoms with Crippen LogP contribution in [0, 0.1) is 0 Å². The SMILES string of the molecule is CC.CC.CCCC[C@@H](N)CC. The molecule has 0 aliphatic heterocycles. The molecule has 0 heterocycles. The summed E-state index contributed by atoms with van der Waals surface area (Å²) in [6, 6.07) is 0.454. The summed E-state index contributed by atoms with van der Waals surface area (Å²) in [5.74, 6) is 0. The highest BCUT2D eigenvalue weighted by atomic mass is 14.6. The fourth-order valence-corrected chi connectivity index (χ4v) is 0.670. The topological polar surface area (TPSA) is 26.0 Å². The highest BCUT2D eigenvalue weighted by molar-refractivity contribution is 4.56. The van der Waals surface area contributed by atoms with Gasteiger partial charge in [-0.2, -0.15) is 0 Å². The molecule has 0 saturated heterocycles. The molecule has 0 aromatic rings. The Hall–Kier alpha value is -0.0400. The fraction of sp³-hybridized carbons (Fsp3) is 1.00. The van der Waals surface area contributed by atoms with Crippen LogP contribution in [0.5, 0.6) is 0 Å². The van der Waals surface area contributed by atoms with E-state index in [0.29, 0.717) is 6.04 Å². The van der Waals surface area contributed by atoms with Crippen molar-refractivity contribution in [3.8, 4) is 0 Å². The summed E-state index contributed by atoms with van der Waals surface area (Å²) >= 11 is 0. The molecule has 0 unspecified atom stereocenters. The average molecular weight is 175 g/mol. The number of hydrogen-bond acceptors (Lipinski definition) is 1. The molecule has 1 nitrogen and oxygen atoms in total. The summed E-state index contributed by atoms with van der Waals surface area (Å²) in [6.07, 6.45) is 4.88. The molecule has 0 rings (SSSR count). The highest BCUT2D eigenvalue weighted by Crippen LogP contribution is 1.99. The van der Waals surface area contributed by atoms with Gasteiger partial charge in [-0.25, -0.2) is 0 Å². The maximum absolute atomic E-state index is 5.66. The highest BCUT2D eigenvalue weighted by Gasteiger charge is 1.94. The first-order chi connectivity index (χ1) is 5.81. The van der Waals surface area contributed by atoms with Crippen LogP contribution in [-0.4, -0.2) is 6.04 Å². The van der Waals surface area contributed by atoms with E-state index in [-0.39, 0.29) is 0 Å². The van der Waals surface area contributed by atoms with Crippen LogP contribution in [0.1, 0.15) is 67.2 Å². The van der Waals surface area contributed by atoms with Crippen LogP contribution in [0.2, 0.25) is 0 Å². The van der Waals surface area contributed by atoms with Crippen molar-refractivity contribution in [2.24, 2.45) is 5.73 Å². The molecule has 12 heavy (non-hydrogen) atoms. The van der Waals surface area contributed by atoms with Crippen LogP contribution in [0.4, 0.5) is 0 Å². The summed E-state index contributed by atoms with van der Waals surface area (Å²) in [5, 5.41) is 0. The van der Waals surface area contributed by atoms with Crippen molar-refractivity contribution in [1.82, 2.24) is 0 Å². The first-order valence-electron chi connectivity index (χ1n) is 5.56. The maximum Gasteiger partial charge on any atom is 0.00362 e. The molecular formula is C11H29N. The zero-order chi connectivity index (χ0) is 10.4. The lowest BCUT2D eigenvalue weighted by Crippen LogP contribution is -2.17. The quantitative estimate of drug-likeness (QED) is 0.687. The molecule has 0 saturated carbocycles. The predicted octanol–water partition coefficient (Wildman–Crippen LogP) is 3.97. The molecule has 0 aliphatic carbocycles. The van der Waals surface area contributed by atoms with Gasteiger partial charge in [0.25, 0.3) is 0 Å². The summed E-state index contributed by atoms with van der Waals surface area (Å²) < 4.78 is 0. The zero-order valence-electron chi connectivity index (χ0n) is 9.98. The molecule has 0 aromatic heterocycles. The molecule has 1 heteroatoms. The molecule has 0 fully saturated rings. The Labute approximate surface area is 79.7 Å². The van der Waals surface area contributed by atoms with Crippen molar-refractivity contribution >= 4 is 0 Å². The van der Waals surface area contributed by atoms with Gasteiger partial charge in [0.1, 0.15) is 0 Å². The third-order valence-corrected chi connectivity index (χ3v) is 1.45. The Kier molecular flexibility index (Phi) is 33.5. The predicted molar refractivity (Wildman–Crippen MR) is 60.5 cm³/mol. The lowest BCUT2D eigenvalue weighted by molar-refractivity contribution is 0.562. The van der Waals surface area contributed by atoms with Gasteiger partial charge in [-0.3, -0.25) is 0 Å². The molecule has 0 aliphatic rings. The van der Waals surface area contributed by atoms with Crippen LogP contribution >= 0.6 is 0 Å². The van der Waals surface area contributed by atoms with E-state index in [2.05, 4.69) is 13.8 Å². The molecule has 78 valence electrons. The van der Waals surface area contributed by atoms with E-state index in [9.17, 15) is 0 Å². The fourth-order valence-electron chi connectivity index (χ4n) is 0.670. The number of nitrogens with two attached hydrogens (primary N) is 1. The lowest BCUT2D eigenvalue weighted by atomic mass is 10.1. The molecular weight excluding hydrogens is 146 g/mol. The van der Waals surface area contributed by atoms with Crippen LogP contribution in [0.25, 0.3) is 0 Å². The number of unbranched alkanes of at least 4 members (excludes halogenated alkanes) is 1. The van der Waals surface area contributed by atoms with E-state index in [1.807, 2.05) is 27.7 Å². The Bertz CT molecular complexity index is 44.3. The molecule has 0 amide bonds. The Morgan fingerprint density at radius 3 is 1.67 bits per heavy atom. The molecule has 0 radical (unpaired) electrons. The van der Waals surface area contributed by atoms with Crippen molar-refractivity contribution in [1.29, 1.82) is 0 Å². The van der Waals surface area contributed by atoms with Gasteiger partial charge >= 0.3 is 0 Å². The minimum Gasteiger partial charge on any atom is -0.328 e. The van der Waals surface area contributed by atoms with Gasteiger partial charge in [-0.05, 0) is 12.8 Å². The van der Waals surface area contributed by atoms with E-state index in [1.54, 1.807) is 0 Å². The van der Waals surface area contributed by atoms with E-state index in [1.165, 1.54) is 19.3 Å². The Morgan fingerprint density at radius 1 is 1.00 bits per heavy atom. The second kappa shape index (κ2) is 22.4. The Morgan fingerprint density at radius 2 is 1.42 bits per heavy atom. The number of hydrogen-bond donors (Lipinski definition) is 1. The van der Waals surface area contributed by atoms with Crippen LogP contribution in [0.15, 0.2) is 0 Å². The van der Waals surface area contributed by atoms with Crippen molar-refractivity contribution < 1.29 is 0 Å². The summed E-state index contributed by atoms with van der Waals surface area (Å²) in [5.41, 5.74) is 5.66. The molecule has 0 spiro atoms. The lowest BCUT2D eigenvalue weighted by Gasteiger charge is -2.04. The van der Waals surface area contributed by atoms with E-state index in [0.717, 1.165) is 6.42 Å². The Balaban J connectivity index is -0.000000175. The third kappa shape index (κ3) is 22.5. The van der Waals surface area contributed by atoms with Gasteiger partial charge in [0, 0.05) is 6.04 Å². The second-order valence-electron chi connectivity index (χ2n) is 2.31. The molecule has 1 atom stereocenters. The van der Waals surface area contributed by atoms with E-state index < -0.39 is 0 Å². The average Bonchev–Trinajstić information content (AvgIpc) is 2.20. The summed E-state index contributed by atoms with van der Waals surface area (Å²) in [4.78, 5) is 0. The van der Waals surface area contributed by atoms with Gasteiger partial charge in [0.2, 0.25) is 0 Å². The van der Waals surface area contributed by atoms with E-state index in [4.69, 9.17) is 5.73 Å². The minimum absolute atomic E-state index is 0.454. The summed E-state index contributed by atoms with van der Waals surface area (Å²) in [6.45, 7) is 12.3. The van der Waals surface area contributed by atoms with Gasteiger partial charge in [0.15, 0.2) is 0 Å². The monoisotopic (exact) mass is 175 g/mol. The van der Waals surface area contributed by atoms with Gasteiger partial charge < -0.3 is 5.73 Å². The first-order valence-corrected chi connectivity index (χ1v) is 5.56. The van der Waals surface area contributed by atoms with E-state index >= 15 is 0 Å². The van der Waals surface area contributed by atoms with Crippen LogP contribution in [0.3, 0.4) is 0 Å². The maximum atomic E-state index is 5.66. The van der Waals surface area contributed by atoms with Gasteiger partial charge in [-0.15, -0.1) is 0 Å². The second-order valence-corrected chi connectivity index (χ2v) is 2.31. The van der Waals surface area contributed by atoms with Crippen molar-refractivity contribution in [3.05, 3.63) is 0 Å². The van der Waals surface area contributed by atoms with Gasteiger partial charge in [0.05, 0.1) is 0 Å². The van der Waals surface area contributed by atoms with Crippen molar-refractivity contribution in [2.75, 3.05) is 0 Å². The van der Waals surface area contributed by atoms with Crippen LogP contribution < -0.4 is 5.73 Å². The largest absolute Gasteiger partial charge is 0.328 e. The standard InChI is InChI=1S/C7H17N.2C2H6/c1-3-5-6-7(8)4-2;2*1-2/h7H,3-6,8H2,1-2H3;2*1-2H3/t7-;;/m0../s1. The first kappa shape index (κ1) is 17.9. The normalized spacial score (nSPS) is 10.2.